The Bertz CT molecular complexity index is 197. The molecule has 82 valence electrons. The fourth-order valence-corrected chi connectivity index (χ4v) is 1.38. The van der Waals surface area contributed by atoms with Gasteiger partial charge in [-0.25, -0.2) is 0 Å². The Kier molecular flexibility index (Phi) is 3.93. The Morgan fingerprint density at radius 3 is 2.57 bits per heavy atom. The van der Waals surface area contributed by atoms with E-state index >= 15 is 0 Å². The predicted molar refractivity (Wildman–Crippen MR) is 58.1 cm³/mol. The molecule has 1 saturated carbocycles. The standard InChI is InChI=1S/C11H22N2O/c1-9(2)13-10(14)4-7-12-8-11(3)5-6-11/h9,12H,4-8H2,1-3H3,(H,13,14). The first-order valence-electron chi connectivity index (χ1n) is 5.52. The van der Waals surface area contributed by atoms with E-state index < -0.39 is 0 Å². The molecule has 0 atom stereocenters. The lowest BCUT2D eigenvalue weighted by molar-refractivity contribution is -0.121. The summed E-state index contributed by atoms with van der Waals surface area (Å²) < 4.78 is 0. The van der Waals surface area contributed by atoms with E-state index in [0.717, 1.165) is 13.1 Å². The molecule has 0 aliphatic heterocycles. The van der Waals surface area contributed by atoms with Gasteiger partial charge in [-0.1, -0.05) is 6.92 Å². The molecular formula is C11H22N2O. The number of hydrogen-bond acceptors (Lipinski definition) is 2. The molecule has 1 fully saturated rings. The Hall–Kier alpha value is -0.570. The van der Waals surface area contributed by atoms with Gasteiger partial charge in [0.05, 0.1) is 0 Å². The molecule has 1 aliphatic rings. The minimum absolute atomic E-state index is 0.147. The number of carbonyl (C=O) groups is 1. The highest BCUT2D eigenvalue weighted by atomic mass is 16.1. The molecule has 14 heavy (non-hydrogen) atoms. The lowest BCUT2D eigenvalue weighted by atomic mass is 10.1. The summed E-state index contributed by atoms with van der Waals surface area (Å²) >= 11 is 0. The second-order valence-electron chi connectivity index (χ2n) is 4.96. The smallest absolute Gasteiger partial charge is 0.221 e. The molecule has 2 N–H and O–H groups in total. The van der Waals surface area contributed by atoms with Gasteiger partial charge in [0, 0.05) is 25.6 Å². The average molecular weight is 198 g/mol. The highest BCUT2D eigenvalue weighted by Gasteiger charge is 2.36. The van der Waals surface area contributed by atoms with Crippen molar-refractivity contribution in [1.29, 1.82) is 0 Å². The second-order valence-corrected chi connectivity index (χ2v) is 4.96. The third-order valence-corrected chi connectivity index (χ3v) is 2.63. The van der Waals surface area contributed by atoms with Crippen LogP contribution >= 0.6 is 0 Å². The SMILES string of the molecule is CC(C)NC(=O)CCNCC1(C)CC1. The summed E-state index contributed by atoms with van der Waals surface area (Å²) in [7, 11) is 0. The lowest BCUT2D eigenvalue weighted by Gasteiger charge is -2.11. The van der Waals surface area contributed by atoms with E-state index in [1.807, 2.05) is 13.8 Å². The van der Waals surface area contributed by atoms with Crippen LogP contribution in [0.15, 0.2) is 0 Å². The topological polar surface area (TPSA) is 41.1 Å². The van der Waals surface area contributed by atoms with Crippen LogP contribution in [-0.2, 0) is 4.79 Å². The van der Waals surface area contributed by atoms with Gasteiger partial charge in [-0.15, -0.1) is 0 Å². The van der Waals surface area contributed by atoms with E-state index in [1.54, 1.807) is 0 Å². The maximum Gasteiger partial charge on any atom is 0.221 e. The first-order valence-corrected chi connectivity index (χ1v) is 5.52. The van der Waals surface area contributed by atoms with Crippen molar-refractivity contribution in [3.8, 4) is 0 Å². The Balaban J connectivity index is 1.95. The first-order chi connectivity index (χ1) is 6.52. The highest BCUT2D eigenvalue weighted by molar-refractivity contribution is 5.76. The monoisotopic (exact) mass is 198 g/mol. The van der Waals surface area contributed by atoms with Crippen molar-refractivity contribution >= 4 is 5.91 Å². The van der Waals surface area contributed by atoms with Crippen molar-refractivity contribution in [2.24, 2.45) is 5.41 Å². The maximum absolute atomic E-state index is 11.2. The predicted octanol–water partition coefficient (Wildman–Crippen LogP) is 1.29. The summed E-state index contributed by atoms with van der Waals surface area (Å²) in [6, 6.07) is 0.253. The normalized spacial score (nSPS) is 18.3. The molecule has 3 heteroatoms. The minimum Gasteiger partial charge on any atom is -0.354 e. The third-order valence-electron chi connectivity index (χ3n) is 2.63. The summed E-state index contributed by atoms with van der Waals surface area (Å²) in [5.74, 6) is 0.147. The van der Waals surface area contributed by atoms with E-state index in [1.165, 1.54) is 12.8 Å². The first kappa shape index (κ1) is 11.5. The van der Waals surface area contributed by atoms with Crippen LogP contribution in [0.25, 0.3) is 0 Å². The quantitative estimate of drug-likeness (QED) is 0.631. The molecular weight excluding hydrogens is 176 g/mol. The van der Waals surface area contributed by atoms with E-state index in [2.05, 4.69) is 17.6 Å². The number of carbonyl (C=O) groups excluding carboxylic acids is 1. The third kappa shape index (κ3) is 4.61. The van der Waals surface area contributed by atoms with Crippen molar-refractivity contribution in [1.82, 2.24) is 10.6 Å². The molecule has 0 bridgehead atoms. The summed E-state index contributed by atoms with van der Waals surface area (Å²) in [6.07, 6.45) is 3.25. The maximum atomic E-state index is 11.2. The van der Waals surface area contributed by atoms with E-state index in [0.29, 0.717) is 11.8 Å². The van der Waals surface area contributed by atoms with Gasteiger partial charge in [-0.05, 0) is 32.1 Å². The number of rotatable bonds is 6. The van der Waals surface area contributed by atoms with Crippen molar-refractivity contribution in [2.75, 3.05) is 13.1 Å². The zero-order valence-corrected chi connectivity index (χ0v) is 9.52. The van der Waals surface area contributed by atoms with Crippen molar-refractivity contribution < 1.29 is 4.79 Å². The number of hydrogen-bond donors (Lipinski definition) is 2. The second kappa shape index (κ2) is 4.78. The minimum atomic E-state index is 0.147. The fraction of sp³-hybridized carbons (Fsp3) is 0.909. The molecule has 0 saturated heterocycles. The van der Waals surface area contributed by atoms with Crippen LogP contribution in [0, 0.1) is 5.41 Å². The Labute approximate surface area is 86.6 Å². The molecule has 0 heterocycles. The van der Waals surface area contributed by atoms with Crippen LogP contribution < -0.4 is 10.6 Å². The van der Waals surface area contributed by atoms with Crippen molar-refractivity contribution in [3.05, 3.63) is 0 Å². The molecule has 1 rings (SSSR count). The van der Waals surface area contributed by atoms with Gasteiger partial charge in [-0.2, -0.15) is 0 Å². The number of nitrogens with one attached hydrogen (secondary N) is 2. The van der Waals surface area contributed by atoms with Gasteiger partial charge in [0.1, 0.15) is 0 Å². The lowest BCUT2D eigenvalue weighted by Crippen LogP contribution is -2.33. The van der Waals surface area contributed by atoms with E-state index in [4.69, 9.17) is 0 Å². The summed E-state index contributed by atoms with van der Waals surface area (Å²) in [5.41, 5.74) is 0.536. The molecule has 0 spiro atoms. The van der Waals surface area contributed by atoms with Crippen LogP contribution in [0.2, 0.25) is 0 Å². The fourth-order valence-electron chi connectivity index (χ4n) is 1.38. The molecule has 0 radical (unpaired) electrons. The Morgan fingerprint density at radius 1 is 1.43 bits per heavy atom. The largest absolute Gasteiger partial charge is 0.354 e. The molecule has 0 aromatic heterocycles. The van der Waals surface area contributed by atoms with Crippen LogP contribution in [0.3, 0.4) is 0 Å². The molecule has 0 aromatic carbocycles. The molecule has 1 aliphatic carbocycles. The van der Waals surface area contributed by atoms with Gasteiger partial charge in [0.15, 0.2) is 0 Å². The highest BCUT2D eigenvalue weighted by Crippen LogP contribution is 2.43. The zero-order chi connectivity index (χ0) is 10.6. The Morgan fingerprint density at radius 2 is 2.07 bits per heavy atom. The molecule has 0 aromatic rings. The summed E-state index contributed by atoms with van der Waals surface area (Å²) in [5, 5.41) is 6.21. The zero-order valence-electron chi connectivity index (χ0n) is 9.52. The van der Waals surface area contributed by atoms with Crippen LogP contribution in [0.4, 0.5) is 0 Å². The van der Waals surface area contributed by atoms with Gasteiger partial charge < -0.3 is 10.6 Å². The molecule has 3 nitrogen and oxygen atoms in total. The van der Waals surface area contributed by atoms with Crippen LogP contribution in [0.1, 0.15) is 40.0 Å². The summed E-state index contributed by atoms with van der Waals surface area (Å²) in [4.78, 5) is 11.2. The van der Waals surface area contributed by atoms with Crippen LogP contribution in [-0.4, -0.2) is 25.0 Å². The molecule has 1 amide bonds. The van der Waals surface area contributed by atoms with Crippen molar-refractivity contribution in [2.45, 2.75) is 46.1 Å². The average Bonchev–Trinajstić information content (AvgIpc) is 2.77. The number of amides is 1. The van der Waals surface area contributed by atoms with Gasteiger partial charge in [-0.3, -0.25) is 4.79 Å². The van der Waals surface area contributed by atoms with Gasteiger partial charge in [0.25, 0.3) is 0 Å². The van der Waals surface area contributed by atoms with Gasteiger partial charge >= 0.3 is 0 Å². The molecule has 0 unspecified atom stereocenters. The van der Waals surface area contributed by atoms with E-state index in [-0.39, 0.29) is 11.9 Å². The summed E-state index contributed by atoms with van der Waals surface area (Å²) in [6.45, 7) is 8.11. The van der Waals surface area contributed by atoms with Crippen LogP contribution in [0.5, 0.6) is 0 Å². The van der Waals surface area contributed by atoms with Crippen molar-refractivity contribution in [3.63, 3.8) is 0 Å². The van der Waals surface area contributed by atoms with E-state index in [9.17, 15) is 4.79 Å². The van der Waals surface area contributed by atoms with Gasteiger partial charge in [0.2, 0.25) is 5.91 Å².